The summed E-state index contributed by atoms with van der Waals surface area (Å²) in [5.74, 6) is 1.85. The van der Waals surface area contributed by atoms with E-state index in [1.54, 1.807) is 0 Å². The van der Waals surface area contributed by atoms with E-state index in [4.69, 9.17) is 0 Å². The Morgan fingerprint density at radius 2 is 1.94 bits per heavy atom. The molecule has 3 unspecified atom stereocenters. The zero-order chi connectivity index (χ0) is 12.3. The Kier molecular flexibility index (Phi) is 2.42. The fourth-order valence-corrected chi connectivity index (χ4v) is 3.55. The Hall–Kier alpha value is -0.530. The predicted octanol–water partition coefficient (Wildman–Crippen LogP) is 2.93. The Bertz CT molecular complexity index is 313. The van der Waals surface area contributed by atoms with Gasteiger partial charge in [-0.25, -0.2) is 0 Å². The second kappa shape index (κ2) is 3.24. The Balaban J connectivity index is 1.98. The Morgan fingerprint density at radius 3 is 2.31 bits per heavy atom. The van der Waals surface area contributed by atoms with Gasteiger partial charge in [-0.1, -0.05) is 34.6 Å². The highest BCUT2D eigenvalue weighted by Gasteiger charge is 2.66. The van der Waals surface area contributed by atoms with E-state index in [0.717, 1.165) is 18.4 Å². The van der Waals surface area contributed by atoms with Gasteiger partial charge in [0, 0.05) is 19.0 Å². The lowest BCUT2D eigenvalue weighted by atomic mass is 9.91. The minimum absolute atomic E-state index is 0.110. The van der Waals surface area contributed by atoms with E-state index in [-0.39, 0.29) is 5.41 Å². The van der Waals surface area contributed by atoms with Crippen LogP contribution in [0.3, 0.4) is 0 Å². The Morgan fingerprint density at radius 1 is 1.38 bits per heavy atom. The lowest BCUT2D eigenvalue weighted by Gasteiger charge is -2.30. The van der Waals surface area contributed by atoms with Crippen LogP contribution in [0.4, 0.5) is 0 Å². The van der Waals surface area contributed by atoms with E-state index in [1.165, 1.54) is 0 Å². The van der Waals surface area contributed by atoms with Crippen LogP contribution in [0, 0.1) is 22.7 Å². The second-order valence-electron chi connectivity index (χ2n) is 7.48. The van der Waals surface area contributed by atoms with Crippen molar-refractivity contribution < 1.29 is 4.79 Å². The van der Waals surface area contributed by atoms with Crippen LogP contribution in [-0.4, -0.2) is 23.4 Å². The van der Waals surface area contributed by atoms with Crippen LogP contribution in [0.25, 0.3) is 0 Å². The molecule has 0 aromatic rings. The van der Waals surface area contributed by atoms with Gasteiger partial charge in [-0.2, -0.15) is 0 Å². The number of hydrogen-bond donors (Lipinski definition) is 0. The molecule has 3 atom stereocenters. The van der Waals surface area contributed by atoms with Crippen molar-refractivity contribution in [3.63, 3.8) is 0 Å². The van der Waals surface area contributed by atoms with Crippen molar-refractivity contribution in [2.24, 2.45) is 22.7 Å². The van der Waals surface area contributed by atoms with Crippen LogP contribution < -0.4 is 0 Å². The van der Waals surface area contributed by atoms with Gasteiger partial charge in [-0.05, 0) is 29.6 Å². The fourth-order valence-electron chi connectivity index (χ4n) is 3.55. The summed E-state index contributed by atoms with van der Waals surface area (Å²) < 4.78 is 0. The molecule has 1 aliphatic carbocycles. The topological polar surface area (TPSA) is 20.3 Å². The molecule has 16 heavy (non-hydrogen) atoms. The summed E-state index contributed by atoms with van der Waals surface area (Å²) in [6.07, 6.45) is 0.678. The van der Waals surface area contributed by atoms with E-state index < -0.39 is 0 Å². The van der Waals surface area contributed by atoms with Gasteiger partial charge in [0.15, 0.2) is 0 Å². The van der Waals surface area contributed by atoms with Gasteiger partial charge < -0.3 is 4.90 Å². The zero-order valence-electron chi connectivity index (χ0n) is 11.5. The third kappa shape index (κ3) is 1.76. The number of carbonyl (C=O) groups excluding carboxylic acids is 1. The van der Waals surface area contributed by atoms with Crippen LogP contribution in [0.15, 0.2) is 0 Å². The van der Waals surface area contributed by atoms with Gasteiger partial charge >= 0.3 is 0 Å². The van der Waals surface area contributed by atoms with Gasteiger partial charge in [0.1, 0.15) is 0 Å². The minimum Gasteiger partial charge on any atom is -0.339 e. The average Bonchev–Trinajstić information content (AvgIpc) is 2.45. The standard InChI is InChI=1S/C14H25NO/c1-9-12-10(14(12,5)6)8-15(9)11(16)7-13(2,3)4/h9-10,12H,7-8H2,1-6H3. The molecule has 2 fully saturated rings. The Labute approximate surface area is 99.4 Å². The molecule has 2 aliphatic rings. The van der Waals surface area contributed by atoms with Gasteiger partial charge in [-0.3, -0.25) is 4.79 Å². The quantitative estimate of drug-likeness (QED) is 0.669. The highest BCUT2D eigenvalue weighted by molar-refractivity contribution is 5.78. The highest BCUT2D eigenvalue weighted by atomic mass is 16.2. The molecule has 2 rings (SSSR count). The molecular formula is C14H25NO. The maximum absolute atomic E-state index is 12.2. The summed E-state index contributed by atoms with van der Waals surface area (Å²) in [7, 11) is 0. The molecule has 0 bridgehead atoms. The number of likely N-dealkylation sites (tertiary alicyclic amines) is 1. The largest absolute Gasteiger partial charge is 0.339 e. The van der Waals surface area contributed by atoms with Gasteiger partial charge in [0.05, 0.1) is 0 Å². The highest BCUT2D eigenvalue weighted by Crippen LogP contribution is 2.64. The van der Waals surface area contributed by atoms with E-state index in [2.05, 4.69) is 46.4 Å². The first-order valence-corrected chi connectivity index (χ1v) is 6.44. The molecule has 92 valence electrons. The van der Waals surface area contributed by atoms with Crippen LogP contribution in [0.1, 0.15) is 48.0 Å². The third-order valence-corrected chi connectivity index (χ3v) is 4.55. The zero-order valence-corrected chi connectivity index (χ0v) is 11.5. The number of carbonyl (C=O) groups is 1. The lowest BCUT2D eigenvalue weighted by Crippen LogP contribution is -2.40. The molecule has 1 heterocycles. The second-order valence-corrected chi connectivity index (χ2v) is 7.48. The SMILES string of the molecule is CC1C2C(CN1C(=O)CC(C)(C)C)C2(C)C. The molecule has 2 heteroatoms. The average molecular weight is 223 g/mol. The first-order valence-electron chi connectivity index (χ1n) is 6.44. The number of fused-ring (bicyclic) bond motifs is 1. The molecule has 0 radical (unpaired) electrons. The fraction of sp³-hybridized carbons (Fsp3) is 0.929. The van der Waals surface area contributed by atoms with Crippen molar-refractivity contribution in [2.75, 3.05) is 6.54 Å². The lowest BCUT2D eigenvalue weighted by molar-refractivity contribution is -0.134. The maximum Gasteiger partial charge on any atom is 0.223 e. The van der Waals surface area contributed by atoms with Crippen molar-refractivity contribution in [3.8, 4) is 0 Å². The molecule has 1 saturated heterocycles. The summed E-state index contributed by atoms with van der Waals surface area (Å²) in [5, 5.41) is 0. The summed E-state index contributed by atoms with van der Waals surface area (Å²) in [6.45, 7) is 14.3. The van der Waals surface area contributed by atoms with E-state index in [9.17, 15) is 4.79 Å². The molecule has 1 aliphatic heterocycles. The normalized spacial score (nSPS) is 36.1. The third-order valence-electron chi connectivity index (χ3n) is 4.55. The molecule has 0 aromatic carbocycles. The summed E-state index contributed by atoms with van der Waals surface area (Å²) in [4.78, 5) is 14.3. The summed E-state index contributed by atoms with van der Waals surface area (Å²) in [6, 6.07) is 0.454. The number of rotatable bonds is 1. The van der Waals surface area contributed by atoms with Crippen molar-refractivity contribution in [1.82, 2.24) is 4.90 Å². The van der Waals surface area contributed by atoms with E-state index in [1.807, 2.05) is 0 Å². The number of piperidine rings is 1. The molecule has 0 N–H and O–H groups in total. The van der Waals surface area contributed by atoms with Crippen LogP contribution >= 0.6 is 0 Å². The summed E-state index contributed by atoms with van der Waals surface area (Å²) in [5.41, 5.74) is 0.594. The molecule has 0 aromatic heterocycles. The monoisotopic (exact) mass is 223 g/mol. The molecule has 0 spiro atoms. The van der Waals surface area contributed by atoms with Crippen molar-refractivity contribution in [3.05, 3.63) is 0 Å². The first kappa shape index (κ1) is 11.9. The van der Waals surface area contributed by atoms with Crippen LogP contribution in [-0.2, 0) is 4.79 Å². The smallest absolute Gasteiger partial charge is 0.223 e. The van der Waals surface area contributed by atoms with Gasteiger partial charge in [0.2, 0.25) is 5.91 Å². The number of amides is 1. The molecule has 2 nitrogen and oxygen atoms in total. The number of nitrogens with zero attached hydrogens (tertiary/aromatic N) is 1. The van der Waals surface area contributed by atoms with Crippen molar-refractivity contribution in [2.45, 2.75) is 54.0 Å². The van der Waals surface area contributed by atoms with E-state index in [0.29, 0.717) is 23.8 Å². The van der Waals surface area contributed by atoms with Gasteiger partial charge in [-0.15, -0.1) is 0 Å². The molecule has 1 saturated carbocycles. The molecule has 1 amide bonds. The first-order chi connectivity index (χ1) is 7.14. The van der Waals surface area contributed by atoms with Crippen molar-refractivity contribution in [1.29, 1.82) is 0 Å². The van der Waals surface area contributed by atoms with Gasteiger partial charge in [0.25, 0.3) is 0 Å². The van der Waals surface area contributed by atoms with Crippen LogP contribution in [0.5, 0.6) is 0 Å². The summed E-state index contributed by atoms with van der Waals surface area (Å²) >= 11 is 0. The predicted molar refractivity (Wildman–Crippen MR) is 66.0 cm³/mol. The molecular weight excluding hydrogens is 198 g/mol. The number of hydrogen-bond acceptors (Lipinski definition) is 1. The maximum atomic E-state index is 12.2. The van der Waals surface area contributed by atoms with Crippen molar-refractivity contribution >= 4 is 5.91 Å². The minimum atomic E-state index is 0.110. The van der Waals surface area contributed by atoms with E-state index >= 15 is 0 Å². The van der Waals surface area contributed by atoms with Crippen LogP contribution in [0.2, 0.25) is 0 Å².